The molecule has 4 N–H and O–H groups in total. The minimum Gasteiger partial charge on any atom is -0.457 e. The monoisotopic (exact) mass is 327 g/mol. The summed E-state index contributed by atoms with van der Waals surface area (Å²) < 4.78 is 5.90. The standard InChI is InChI=1S/C18H21N3O3/c1-12(20-17(22)13(2)21-18(19)23)15-10-6-7-11-16(15)24-14-8-4-3-5-9-14/h3-13H,1-2H3,(H,20,22)(H3,19,21,23)/t12-,13-/m1/s1. The summed E-state index contributed by atoms with van der Waals surface area (Å²) in [6.45, 7) is 3.42. The van der Waals surface area contributed by atoms with E-state index in [0.717, 1.165) is 5.56 Å². The van der Waals surface area contributed by atoms with Crippen molar-refractivity contribution in [1.29, 1.82) is 0 Å². The largest absolute Gasteiger partial charge is 0.457 e. The van der Waals surface area contributed by atoms with E-state index in [2.05, 4.69) is 10.6 Å². The van der Waals surface area contributed by atoms with Crippen LogP contribution in [-0.4, -0.2) is 18.0 Å². The van der Waals surface area contributed by atoms with Gasteiger partial charge in [-0.25, -0.2) is 4.79 Å². The summed E-state index contributed by atoms with van der Waals surface area (Å²) in [6, 6.07) is 15.1. The molecule has 2 rings (SSSR count). The molecule has 0 aliphatic heterocycles. The highest BCUT2D eigenvalue weighted by Gasteiger charge is 2.19. The van der Waals surface area contributed by atoms with E-state index in [-0.39, 0.29) is 11.9 Å². The number of primary amides is 1. The minimum absolute atomic E-state index is 0.297. The van der Waals surface area contributed by atoms with Crippen molar-refractivity contribution < 1.29 is 14.3 Å². The van der Waals surface area contributed by atoms with Gasteiger partial charge in [-0.2, -0.15) is 0 Å². The SMILES string of the molecule is C[C@@H](NC(N)=O)C(=O)N[C@H](C)c1ccccc1Oc1ccccc1. The van der Waals surface area contributed by atoms with Crippen LogP contribution in [-0.2, 0) is 4.79 Å². The van der Waals surface area contributed by atoms with Crippen LogP contribution in [0.2, 0.25) is 0 Å². The third-order valence-corrected chi connectivity index (χ3v) is 3.47. The predicted molar refractivity (Wildman–Crippen MR) is 91.7 cm³/mol. The highest BCUT2D eigenvalue weighted by molar-refractivity contribution is 5.86. The molecule has 0 bridgehead atoms. The molecule has 0 radical (unpaired) electrons. The Morgan fingerprint density at radius 1 is 0.958 bits per heavy atom. The first-order valence-corrected chi connectivity index (χ1v) is 7.65. The third kappa shape index (κ3) is 4.74. The maximum absolute atomic E-state index is 12.1. The smallest absolute Gasteiger partial charge is 0.312 e. The van der Waals surface area contributed by atoms with Crippen molar-refractivity contribution in [3.05, 3.63) is 60.2 Å². The van der Waals surface area contributed by atoms with E-state index in [4.69, 9.17) is 10.5 Å². The van der Waals surface area contributed by atoms with Crippen molar-refractivity contribution in [3.63, 3.8) is 0 Å². The highest BCUT2D eigenvalue weighted by atomic mass is 16.5. The number of benzene rings is 2. The van der Waals surface area contributed by atoms with Gasteiger partial charge in [-0.3, -0.25) is 4.79 Å². The van der Waals surface area contributed by atoms with Crippen LogP contribution in [0.15, 0.2) is 54.6 Å². The lowest BCUT2D eigenvalue weighted by atomic mass is 10.1. The summed E-state index contributed by atoms with van der Waals surface area (Å²) in [7, 11) is 0. The van der Waals surface area contributed by atoms with Gasteiger partial charge in [0.25, 0.3) is 0 Å². The van der Waals surface area contributed by atoms with Gasteiger partial charge >= 0.3 is 6.03 Å². The number of carbonyl (C=O) groups is 2. The van der Waals surface area contributed by atoms with Gasteiger partial charge in [0.15, 0.2) is 0 Å². The molecule has 126 valence electrons. The Hall–Kier alpha value is -3.02. The number of ether oxygens (including phenoxy) is 1. The van der Waals surface area contributed by atoms with Crippen LogP contribution in [0.3, 0.4) is 0 Å². The van der Waals surface area contributed by atoms with Gasteiger partial charge < -0.3 is 21.1 Å². The van der Waals surface area contributed by atoms with Crippen LogP contribution in [0.25, 0.3) is 0 Å². The number of para-hydroxylation sites is 2. The first-order chi connectivity index (χ1) is 11.5. The molecular weight excluding hydrogens is 306 g/mol. The summed E-state index contributed by atoms with van der Waals surface area (Å²) in [5.41, 5.74) is 5.87. The molecule has 2 atom stereocenters. The second kappa shape index (κ2) is 8.01. The van der Waals surface area contributed by atoms with Crippen molar-refractivity contribution in [2.75, 3.05) is 0 Å². The lowest BCUT2D eigenvalue weighted by molar-refractivity contribution is -0.123. The fraction of sp³-hybridized carbons (Fsp3) is 0.222. The Bertz CT molecular complexity index is 704. The number of carbonyl (C=O) groups excluding carboxylic acids is 2. The molecule has 0 aliphatic carbocycles. The number of nitrogens with one attached hydrogen (secondary N) is 2. The average Bonchev–Trinajstić information content (AvgIpc) is 2.55. The summed E-state index contributed by atoms with van der Waals surface area (Å²) in [5, 5.41) is 5.19. The van der Waals surface area contributed by atoms with E-state index in [1.165, 1.54) is 0 Å². The number of amides is 3. The molecular formula is C18H21N3O3. The second-order valence-corrected chi connectivity index (χ2v) is 5.41. The molecule has 2 aromatic rings. The first-order valence-electron chi connectivity index (χ1n) is 7.65. The highest BCUT2D eigenvalue weighted by Crippen LogP contribution is 2.29. The molecule has 6 nitrogen and oxygen atoms in total. The fourth-order valence-corrected chi connectivity index (χ4v) is 2.24. The molecule has 0 spiro atoms. The number of hydrogen-bond acceptors (Lipinski definition) is 3. The molecule has 0 heterocycles. The van der Waals surface area contributed by atoms with Gasteiger partial charge in [-0.05, 0) is 32.0 Å². The number of urea groups is 1. The predicted octanol–water partition coefficient (Wildman–Crippen LogP) is 2.71. The van der Waals surface area contributed by atoms with E-state index in [0.29, 0.717) is 11.5 Å². The van der Waals surface area contributed by atoms with Gasteiger partial charge in [0.1, 0.15) is 17.5 Å². The van der Waals surface area contributed by atoms with Crippen LogP contribution in [0.5, 0.6) is 11.5 Å². The van der Waals surface area contributed by atoms with Crippen LogP contribution in [0, 0.1) is 0 Å². The Labute approximate surface area is 141 Å². The summed E-state index contributed by atoms with van der Waals surface area (Å²) in [6.07, 6.45) is 0. The van der Waals surface area contributed by atoms with E-state index < -0.39 is 12.1 Å². The van der Waals surface area contributed by atoms with Crippen LogP contribution >= 0.6 is 0 Å². The topological polar surface area (TPSA) is 93.5 Å². The van der Waals surface area contributed by atoms with Crippen LogP contribution in [0.1, 0.15) is 25.5 Å². The quantitative estimate of drug-likeness (QED) is 0.761. The molecule has 0 aliphatic rings. The molecule has 0 fully saturated rings. The zero-order valence-corrected chi connectivity index (χ0v) is 13.7. The zero-order chi connectivity index (χ0) is 17.5. The Morgan fingerprint density at radius 2 is 1.58 bits per heavy atom. The van der Waals surface area contributed by atoms with E-state index in [9.17, 15) is 9.59 Å². The number of hydrogen-bond donors (Lipinski definition) is 3. The van der Waals surface area contributed by atoms with E-state index in [1.807, 2.05) is 61.5 Å². The molecule has 6 heteroatoms. The average molecular weight is 327 g/mol. The summed E-state index contributed by atoms with van der Waals surface area (Å²) in [4.78, 5) is 22.9. The molecule has 24 heavy (non-hydrogen) atoms. The molecule has 0 unspecified atom stereocenters. The van der Waals surface area contributed by atoms with Crippen molar-refractivity contribution in [2.24, 2.45) is 5.73 Å². The first kappa shape index (κ1) is 17.3. The van der Waals surface area contributed by atoms with Crippen LogP contribution in [0.4, 0.5) is 4.79 Å². The summed E-state index contributed by atoms with van der Waals surface area (Å²) in [5.74, 6) is 1.05. The van der Waals surface area contributed by atoms with Crippen molar-refractivity contribution in [2.45, 2.75) is 25.9 Å². The van der Waals surface area contributed by atoms with Gasteiger partial charge in [0, 0.05) is 5.56 Å². The molecule has 3 amide bonds. The van der Waals surface area contributed by atoms with Gasteiger partial charge in [-0.15, -0.1) is 0 Å². The number of nitrogens with two attached hydrogens (primary N) is 1. The normalized spacial score (nSPS) is 12.8. The van der Waals surface area contributed by atoms with Crippen molar-refractivity contribution in [3.8, 4) is 11.5 Å². The maximum Gasteiger partial charge on any atom is 0.312 e. The Morgan fingerprint density at radius 3 is 2.25 bits per heavy atom. The molecule has 0 saturated carbocycles. The molecule has 0 aromatic heterocycles. The van der Waals surface area contributed by atoms with Gasteiger partial charge in [-0.1, -0.05) is 36.4 Å². The van der Waals surface area contributed by atoms with Crippen molar-refractivity contribution in [1.82, 2.24) is 10.6 Å². The zero-order valence-electron chi connectivity index (χ0n) is 13.7. The second-order valence-electron chi connectivity index (χ2n) is 5.41. The maximum atomic E-state index is 12.1. The Balaban J connectivity index is 2.11. The van der Waals surface area contributed by atoms with E-state index in [1.54, 1.807) is 6.92 Å². The minimum atomic E-state index is -0.738. The van der Waals surface area contributed by atoms with Gasteiger partial charge in [0.2, 0.25) is 5.91 Å². The lowest BCUT2D eigenvalue weighted by Crippen LogP contribution is -2.47. The fourth-order valence-electron chi connectivity index (χ4n) is 2.24. The third-order valence-electron chi connectivity index (χ3n) is 3.47. The molecule has 2 aromatic carbocycles. The molecule has 0 saturated heterocycles. The Kier molecular flexibility index (Phi) is 5.78. The van der Waals surface area contributed by atoms with Gasteiger partial charge in [0.05, 0.1) is 6.04 Å². The summed E-state index contributed by atoms with van der Waals surface area (Å²) >= 11 is 0. The van der Waals surface area contributed by atoms with Crippen molar-refractivity contribution >= 4 is 11.9 Å². The number of rotatable bonds is 6. The van der Waals surface area contributed by atoms with E-state index >= 15 is 0 Å². The lowest BCUT2D eigenvalue weighted by Gasteiger charge is -2.20. The van der Waals surface area contributed by atoms with Crippen LogP contribution < -0.4 is 21.1 Å².